The molecule has 0 aliphatic rings. The van der Waals surface area contributed by atoms with Crippen LogP contribution >= 0.6 is 15.9 Å². The Labute approximate surface area is 147 Å². The molecule has 2 rings (SSSR count). The molecular formula is C17H16BrN3O3. The molecule has 0 aromatic heterocycles. The lowest BCUT2D eigenvalue weighted by molar-refractivity contribution is -0.120. The average Bonchev–Trinajstić information content (AvgIpc) is 2.56. The number of hydrogen-bond donors (Lipinski definition) is 3. The standard InChI is InChI=1S/C17H16BrN3O3/c1-11-4-2-3-5-14(11)17(24)19-10-16(23)21-20-9-12-8-13(18)6-7-15(12)22/h2-9,22H,10H2,1H3,(H,19,24)(H,21,23). The van der Waals surface area contributed by atoms with Crippen LogP contribution in [0.2, 0.25) is 0 Å². The number of hydrogen-bond acceptors (Lipinski definition) is 4. The van der Waals surface area contributed by atoms with Crippen molar-refractivity contribution in [1.82, 2.24) is 10.7 Å². The molecule has 0 aliphatic heterocycles. The minimum Gasteiger partial charge on any atom is -0.507 e. The molecule has 0 heterocycles. The Bertz CT molecular complexity index is 790. The van der Waals surface area contributed by atoms with E-state index in [1.54, 1.807) is 24.3 Å². The second-order valence-electron chi connectivity index (χ2n) is 4.99. The number of amides is 2. The first-order chi connectivity index (χ1) is 11.5. The van der Waals surface area contributed by atoms with Crippen molar-refractivity contribution in [3.63, 3.8) is 0 Å². The minimum absolute atomic E-state index is 0.0454. The second-order valence-corrected chi connectivity index (χ2v) is 5.91. The molecule has 124 valence electrons. The molecule has 24 heavy (non-hydrogen) atoms. The highest BCUT2D eigenvalue weighted by Crippen LogP contribution is 2.19. The zero-order valence-corrected chi connectivity index (χ0v) is 14.5. The summed E-state index contributed by atoms with van der Waals surface area (Å²) in [6.07, 6.45) is 1.32. The van der Waals surface area contributed by atoms with Crippen LogP contribution in [0.5, 0.6) is 5.75 Å². The van der Waals surface area contributed by atoms with Gasteiger partial charge in [0.2, 0.25) is 0 Å². The number of nitrogens with one attached hydrogen (secondary N) is 2. The van der Waals surface area contributed by atoms with E-state index in [1.165, 1.54) is 12.3 Å². The van der Waals surface area contributed by atoms with Crippen LogP contribution in [0.1, 0.15) is 21.5 Å². The van der Waals surface area contributed by atoms with E-state index >= 15 is 0 Å². The molecular weight excluding hydrogens is 374 g/mol. The van der Waals surface area contributed by atoms with Crippen molar-refractivity contribution in [1.29, 1.82) is 0 Å². The van der Waals surface area contributed by atoms with Gasteiger partial charge in [0.05, 0.1) is 12.8 Å². The normalized spacial score (nSPS) is 10.6. The summed E-state index contributed by atoms with van der Waals surface area (Å²) in [4.78, 5) is 23.7. The lowest BCUT2D eigenvalue weighted by Gasteiger charge is -2.06. The summed E-state index contributed by atoms with van der Waals surface area (Å²) >= 11 is 3.28. The van der Waals surface area contributed by atoms with E-state index in [2.05, 4.69) is 31.8 Å². The maximum atomic E-state index is 12.0. The first-order valence-corrected chi connectivity index (χ1v) is 7.91. The Morgan fingerprint density at radius 2 is 2.00 bits per heavy atom. The number of phenols is 1. The first-order valence-electron chi connectivity index (χ1n) is 7.11. The fraction of sp³-hybridized carbons (Fsp3) is 0.118. The topological polar surface area (TPSA) is 90.8 Å². The largest absolute Gasteiger partial charge is 0.507 e. The Balaban J connectivity index is 1.85. The van der Waals surface area contributed by atoms with Gasteiger partial charge in [0.1, 0.15) is 5.75 Å². The van der Waals surface area contributed by atoms with Gasteiger partial charge in [0, 0.05) is 15.6 Å². The second kappa shape index (κ2) is 8.26. The fourth-order valence-corrected chi connectivity index (χ4v) is 2.30. The van der Waals surface area contributed by atoms with Crippen LogP contribution in [0.15, 0.2) is 52.0 Å². The molecule has 2 aromatic carbocycles. The highest BCUT2D eigenvalue weighted by molar-refractivity contribution is 9.10. The number of rotatable bonds is 5. The summed E-state index contributed by atoms with van der Waals surface area (Å²) in [5, 5.41) is 15.9. The monoisotopic (exact) mass is 389 g/mol. The molecule has 0 aliphatic carbocycles. The molecule has 0 spiro atoms. The Kier molecular flexibility index (Phi) is 6.08. The number of benzene rings is 2. The van der Waals surface area contributed by atoms with Crippen LogP contribution in [0.25, 0.3) is 0 Å². The third-order valence-corrected chi connectivity index (χ3v) is 3.67. The predicted octanol–water partition coefficient (Wildman–Crippen LogP) is 2.34. The zero-order valence-electron chi connectivity index (χ0n) is 12.9. The molecule has 3 N–H and O–H groups in total. The van der Waals surface area contributed by atoms with Crippen LogP contribution in [0, 0.1) is 6.92 Å². The lowest BCUT2D eigenvalue weighted by Crippen LogP contribution is -2.35. The van der Waals surface area contributed by atoms with E-state index in [1.807, 2.05) is 19.1 Å². The number of aromatic hydroxyl groups is 1. The highest BCUT2D eigenvalue weighted by Gasteiger charge is 2.09. The van der Waals surface area contributed by atoms with Crippen molar-refractivity contribution in [2.45, 2.75) is 6.92 Å². The molecule has 2 aromatic rings. The summed E-state index contributed by atoms with van der Waals surface area (Å²) < 4.78 is 0.776. The highest BCUT2D eigenvalue weighted by atomic mass is 79.9. The van der Waals surface area contributed by atoms with E-state index < -0.39 is 5.91 Å². The van der Waals surface area contributed by atoms with E-state index in [0.29, 0.717) is 11.1 Å². The number of aryl methyl sites for hydroxylation is 1. The van der Waals surface area contributed by atoms with Gasteiger partial charge in [-0.3, -0.25) is 9.59 Å². The third kappa shape index (κ3) is 4.92. The maximum Gasteiger partial charge on any atom is 0.259 e. The molecule has 0 bridgehead atoms. The molecule has 0 radical (unpaired) electrons. The summed E-state index contributed by atoms with van der Waals surface area (Å²) in [5.74, 6) is -0.747. The number of phenolic OH excluding ortho intramolecular Hbond substituents is 1. The van der Waals surface area contributed by atoms with Gasteiger partial charge in [-0.15, -0.1) is 0 Å². The van der Waals surface area contributed by atoms with Crippen molar-refractivity contribution in [3.8, 4) is 5.75 Å². The number of carbonyl (C=O) groups is 2. The molecule has 7 heteroatoms. The van der Waals surface area contributed by atoms with Crippen LogP contribution in [0.4, 0.5) is 0 Å². The van der Waals surface area contributed by atoms with Crippen molar-refractivity contribution < 1.29 is 14.7 Å². The quantitative estimate of drug-likeness (QED) is 0.541. The smallest absolute Gasteiger partial charge is 0.259 e. The van der Waals surface area contributed by atoms with Gasteiger partial charge < -0.3 is 10.4 Å². The van der Waals surface area contributed by atoms with Gasteiger partial charge >= 0.3 is 0 Å². The van der Waals surface area contributed by atoms with Crippen molar-refractivity contribution in [2.75, 3.05) is 6.54 Å². The summed E-state index contributed by atoms with van der Waals surface area (Å²) in [6.45, 7) is 1.62. The van der Waals surface area contributed by atoms with Crippen molar-refractivity contribution in [3.05, 3.63) is 63.6 Å². The van der Waals surface area contributed by atoms with Crippen molar-refractivity contribution >= 4 is 34.0 Å². The van der Waals surface area contributed by atoms with Crippen molar-refractivity contribution in [2.24, 2.45) is 5.10 Å². The van der Waals surface area contributed by atoms with Crippen LogP contribution in [-0.2, 0) is 4.79 Å². The molecule has 6 nitrogen and oxygen atoms in total. The van der Waals surface area contributed by atoms with Crippen LogP contribution in [0.3, 0.4) is 0 Å². The zero-order chi connectivity index (χ0) is 17.5. The molecule has 0 saturated heterocycles. The van der Waals surface area contributed by atoms with Gasteiger partial charge in [0.25, 0.3) is 11.8 Å². The number of halogens is 1. The summed E-state index contributed by atoms with van der Waals surface area (Å²) in [6, 6.07) is 12.0. The van der Waals surface area contributed by atoms with Gasteiger partial charge in [0.15, 0.2) is 0 Å². The maximum absolute atomic E-state index is 12.0. The van der Waals surface area contributed by atoms with Crippen LogP contribution in [-0.4, -0.2) is 29.7 Å². The summed E-state index contributed by atoms with van der Waals surface area (Å²) in [7, 11) is 0. The predicted molar refractivity (Wildman–Crippen MR) is 95.1 cm³/mol. The van der Waals surface area contributed by atoms with Gasteiger partial charge in [-0.25, -0.2) is 5.43 Å². The van der Waals surface area contributed by atoms with Gasteiger partial charge in [-0.05, 0) is 36.8 Å². The average molecular weight is 390 g/mol. The fourth-order valence-electron chi connectivity index (χ4n) is 1.93. The number of carbonyl (C=O) groups excluding carboxylic acids is 2. The number of nitrogens with zero attached hydrogens (tertiary/aromatic N) is 1. The van der Waals surface area contributed by atoms with E-state index in [0.717, 1.165) is 10.0 Å². The van der Waals surface area contributed by atoms with Crippen LogP contribution < -0.4 is 10.7 Å². The van der Waals surface area contributed by atoms with E-state index in [9.17, 15) is 14.7 Å². The minimum atomic E-state index is -0.470. The Hall–Kier alpha value is -2.67. The molecule has 0 atom stereocenters. The third-order valence-electron chi connectivity index (χ3n) is 3.18. The van der Waals surface area contributed by atoms with Gasteiger partial charge in [-0.1, -0.05) is 34.1 Å². The van der Waals surface area contributed by atoms with E-state index in [-0.39, 0.29) is 18.2 Å². The molecule has 0 unspecified atom stereocenters. The van der Waals surface area contributed by atoms with Gasteiger partial charge in [-0.2, -0.15) is 5.10 Å². The Morgan fingerprint density at radius 3 is 2.75 bits per heavy atom. The molecule has 0 fully saturated rings. The Morgan fingerprint density at radius 1 is 1.25 bits per heavy atom. The van der Waals surface area contributed by atoms with E-state index in [4.69, 9.17) is 0 Å². The lowest BCUT2D eigenvalue weighted by atomic mass is 10.1. The summed E-state index contributed by atoms with van der Waals surface area (Å²) in [5.41, 5.74) is 4.09. The number of hydrazone groups is 1. The molecule has 2 amide bonds. The SMILES string of the molecule is Cc1ccccc1C(=O)NCC(=O)NN=Cc1cc(Br)ccc1O. The molecule has 0 saturated carbocycles. The first kappa shape index (κ1) is 17.7.